The van der Waals surface area contributed by atoms with Crippen molar-refractivity contribution >= 4 is 6.09 Å². The molecular weight excluding hydrogens is 232 g/mol. The summed E-state index contributed by atoms with van der Waals surface area (Å²) in [5.74, 6) is 0.666. The molecule has 0 aliphatic rings. The van der Waals surface area contributed by atoms with Gasteiger partial charge in [0.15, 0.2) is 0 Å². The molecule has 1 aromatic heterocycles. The van der Waals surface area contributed by atoms with Gasteiger partial charge in [-0.3, -0.25) is 4.90 Å². The lowest BCUT2D eigenvalue weighted by Crippen LogP contribution is -2.36. The Hall–Kier alpha value is -1.96. The Bertz CT molecular complexity index is 412. The highest BCUT2D eigenvalue weighted by molar-refractivity contribution is 5.68. The van der Waals surface area contributed by atoms with E-state index in [-0.39, 0.29) is 6.42 Å². The van der Waals surface area contributed by atoms with E-state index in [2.05, 4.69) is 0 Å². The summed E-state index contributed by atoms with van der Waals surface area (Å²) in [6.45, 7) is 6.05. The van der Waals surface area contributed by atoms with Crippen molar-refractivity contribution in [2.45, 2.75) is 39.3 Å². The van der Waals surface area contributed by atoms with E-state index in [9.17, 15) is 4.79 Å². The lowest BCUT2D eigenvalue weighted by atomic mass is 10.2. The van der Waals surface area contributed by atoms with E-state index in [1.165, 1.54) is 4.90 Å². The third-order valence-corrected chi connectivity index (χ3v) is 2.07. The topological polar surface area (TPSA) is 66.5 Å². The molecule has 0 aromatic carbocycles. The molecule has 5 heteroatoms. The Morgan fingerprint density at radius 1 is 1.56 bits per heavy atom. The van der Waals surface area contributed by atoms with Crippen molar-refractivity contribution < 1.29 is 13.9 Å². The first-order valence-corrected chi connectivity index (χ1v) is 5.79. The lowest BCUT2D eigenvalue weighted by molar-refractivity contribution is 0.0226. The van der Waals surface area contributed by atoms with Crippen molar-refractivity contribution in [3.8, 4) is 6.07 Å². The van der Waals surface area contributed by atoms with Gasteiger partial charge in [-0.1, -0.05) is 0 Å². The summed E-state index contributed by atoms with van der Waals surface area (Å²) in [6.07, 6.45) is 1.38. The number of carbonyl (C=O) groups excluding carboxylic acids is 1. The van der Waals surface area contributed by atoms with Crippen molar-refractivity contribution in [3.63, 3.8) is 0 Å². The molecule has 0 radical (unpaired) electrons. The van der Waals surface area contributed by atoms with Crippen LogP contribution in [0.4, 0.5) is 4.79 Å². The quantitative estimate of drug-likeness (QED) is 0.824. The fraction of sp³-hybridized carbons (Fsp3) is 0.538. The van der Waals surface area contributed by atoms with Crippen LogP contribution in [0.5, 0.6) is 0 Å². The Morgan fingerprint density at radius 2 is 2.28 bits per heavy atom. The van der Waals surface area contributed by atoms with Crippen molar-refractivity contribution in [1.82, 2.24) is 4.90 Å². The summed E-state index contributed by atoms with van der Waals surface area (Å²) in [4.78, 5) is 13.4. The molecule has 0 aliphatic heterocycles. The van der Waals surface area contributed by atoms with Crippen molar-refractivity contribution in [2.75, 3.05) is 6.54 Å². The number of amides is 1. The summed E-state index contributed by atoms with van der Waals surface area (Å²) < 4.78 is 10.5. The second kappa shape index (κ2) is 6.10. The summed E-state index contributed by atoms with van der Waals surface area (Å²) in [5, 5.41) is 8.60. The van der Waals surface area contributed by atoms with Crippen LogP contribution < -0.4 is 0 Å². The van der Waals surface area contributed by atoms with E-state index in [0.717, 1.165) is 0 Å². The van der Waals surface area contributed by atoms with E-state index in [1.807, 2.05) is 6.07 Å². The zero-order chi connectivity index (χ0) is 13.6. The lowest BCUT2D eigenvalue weighted by Gasteiger charge is -2.26. The van der Waals surface area contributed by atoms with Crippen LogP contribution in [0.25, 0.3) is 0 Å². The Morgan fingerprint density at radius 3 is 2.78 bits per heavy atom. The van der Waals surface area contributed by atoms with Crippen LogP contribution >= 0.6 is 0 Å². The molecule has 18 heavy (non-hydrogen) atoms. The molecule has 98 valence electrons. The minimum atomic E-state index is -0.550. The molecule has 0 atom stereocenters. The first kappa shape index (κ1) is 14.1. The number of furan rings is 1. The highest BCUT2D eigenvalue weighted by Gasteiger charge is 2.22. The highest BCUT2D eigenvalue weighted by Crippen LogP contribution is 2.13. The second-order valence-electron chi connectivity index (χ2n) is 4.89. The van der Waals surface area contributed by atoms with Gasteiger partial charge in [0.25, 0.3) is 0 Å². The van der Waals surface area contributed by atoms with Crippen molar-refractivity contribution in [1.29, 1.82) is 5.26 Å². The van der Waals surface area contributed by atoms with Crippen molar-refractivity contribution in [2.24, 2.45) is 0 Å². The maximum atomic E-state index is 11.9. The molecule has 0 aliphatic carbocycles. The molecule has 1 aromatic rings. The minimum Gasteiger partial charge on any atom is -0.467 e. The predicted octanol–water partition coefficient (Wildman–Crippen LogP) is 2.93. The molecule has 1 amide bonds. The first-order chi connectivity index (χ1) is 8.42. The van der Waals surface area contributed by atoms with E-state index in [4.69, 9.17) is 14.4 Å². The van der Waals surface area contributed by atoms with E-state index >= 15 is 0 Å². The van der Waals surface area contributed by atoms with Gasteiger partial charge in [-0.05, 0) is 32.9 Å². The van der Waals surface area contributed by atoms with E-state index in [0.29, 0.717) is 18.8 Å². The van der Waals surface area contributed by atoms with Crippen LogP contribution in [0.1, 0.15) is 33.0 Å². The largest absolute Gasteiger partial charge is 0.467 e. The van der Waals surface area contributed by atoms with Gasteiger partial charge in [-0.25, -0.2) is 4.79 Å². The predicted molar refractivity (Wildman–Crippen MR) is 65.6 cm³/mol. The number of rotatable bonds is 4. The van der Waals surface area contributed by atoms with E-state index < -0.39 is 11.7 Å². The second-order valence-corrected chi connectivity index (χ2v) is 4.89. The number of nitriles is 1. The zero-order valence-electron chi connectivity index (χ0n) is 11.0. The molecule has 0 saturated heterocycles. The number of hydrogen-bond donors (Lipinski definition) is 0. The fourth-order valence-electron chi connectivity index (χ4n) is 1.34. The zero-order valence-corrected chi connectivity index (χ0v) is 11.0. The average molecular weight is 250 g/mol. The maximum Gasteiger partial charge on any atom is 0.410 e. The van der Waals surface area contributed by atoms with Crippen LogP contribution in [-0.4, -0.2) is 23.1 Å². The maximum absolute atomic E-state index is 11.9. The van der Waals surface area contributed by atoms with Gasteiger partial charge < -0.3 is 9.15 Å². The van der Waals surface area contributed by atoms with Gasteiger partial charge in [0.05, 0.1) is 25.3 Å². The normalized spacial score (nSPS) is 10.8. The molecular formula is C13H18N2O3. The summed E-state index contributed by atoms with van der Waals surface area (Å²) >= 11 is 0. The van der Waals surface area contributed by atoms with Gasteiger partial charge in [0.1, 0.15) is 11.4 Å². The first-order valence-electron chi connectivity index (χ1n) is 5.79. The third kappa shape index (κ3) is 4.91. The molecule has 0 spiro atoms. The van der Waals surface area contributed by atoms with Gasteiger partial charge in [-0.15, -0.1) is 0 Å². The van der Waals surface area contributed by atoms with Gasteiger partial charge >= 0.3 is 6.09 Å². The molecule has 5 nitrogen and oxygen atoms in total. The summed E-state index contributed by atoms with van der Waals surface area (Å²) in [7, 11) is 0. The Balaban J connectivity index is 2.66. The number of nitrogens with zero attached hydrogens (tertiary/aromatic N) is 2. The average Bonchev–Trinajstić information content (AvgIpc) is 2.74. The number of carbonyl (C=O) groups is 1. The Kier molecular flexibility index (Phi) is 4.78. The molecule has 0 N–H and O–H groups in total. The smallest absolute Gasteiger partial charge is 0.410 e. The number of hydrogen-bond acceptors (Lipinski definition) is 4. The monoisotopic (exact) mass is 250 g/mol. The van der Waals surface area contributed by atoms with Crippen molar-refractivity contribution in [3.05, 3.63) is 24.2 Å². The standard InChI is InChI=1S/C13H18N2O3/c1-13(2,3)18-12(16)15(8-5-7-14)10-11-6-4-9-17-11/h4,6,9H,5,8,10H2,1-3H3. The minimum absolute atomic E-state index is 0.264. The third-order valence-electron chi connectivity index (χ3n) is 2.07. The SMILES string of the molecule is CC(C)(C)OC(=O)N(CCC#N)Cc1ccco1. The van der Waals surface area contributed by atoms with Crippen LogP contribution in [0.2, 0.25) is 0 Å². The van der Waals surface area contributed by atoms with Crippen LogP contribution in [-0.2, 0) is 11.3 Å². The summed E-state index contributed by atoms with van der Waals surface area (Å²) in [6, 6.07) is 5.55. The molecule has 1 heterocycles. The molecule has 0 fully saturated rings. The fourth-order valence-corrected chi connectivity index (χ4v) is 1.34. The molecule has 0 saturated carbocycles. The van der Waals surface area contributed by atoms with Gasteiger partial charge in [0, 0.05) is 6.54 Å². The number of ether oxygens (including phenoxy) is 1. The summed E-state index contributed by atoms with van der Waals surface area (Å²) in [5.41, 5.74) is -0.550. The van der Waals surface area contributed by atoms with E-state index in [1.54, 1.807) is 39.2 Å². The van der Waals surface area contributed by atoms with Crippen LogP contribution in [0, 0.1) is 11.3 Å². The molecule has 1 rings (SSSR count). The molecule has 0 bridgehead atoms. The Labute approximate surface area is 107 Å². The van der Waals surface area contributed by atoms with Gasteiger partial charge in [0.2, 0.25) is 0 Å². The van der Waals surface area contributed by atoms with Gasteiger partial charge in [-0.2, -0.15) is 5.26 Å². The molecule has 0 unspecified atom stereocenters. The van der Waals surface area contributed by atoms with Crippen LogP contribution in [0.15, 0.2) is 22.8 Å². The highest BCUT2D eigenvalue weighted by atomic mass is 16.6. The van der Waals surface area contributed by atoms with Crippen LogP contribution in [0.3, 0.4) is 0 Å².